The maximum atomic E-state index is 12.6. The van der Waals surface area contributed by atoms with Crippen molar-refractivity contribution in [2.45, 2.75) is 32.9 Å². The Balaban J connectivity index is 2.46. The summed E-state index contributed by atoms with van der Waals surface area (Å²) in [6.45, 7) is 5.55. The van der Waals surface area contributed by atoms with E-state index in [0.717, 1.165) is 0 Å². The number of benzene rings is 1. The van der Waals surface area contributed by atoms with E-state index >= 15 is 0 Å². The highest BCUT2D eigenvalue weighted by Gasteiger charge is 2.41. The highest BCUT2D eigenvalue weighted by Crippen LogP contribution is 2.31. The number of methoxy groups -OCH3 is 1. The molecule has 2 amide bonds. The maximum absolute atomic E-state index is 12.6. The lowest BCUT2D eigenvalue weighted by Gasteiger charge is -2.39. The number of anilines is 1. The molecule has 0 aromatic heterocycles. The molecular formula is C15H20N2O3. The first kappa shape index (κ1) is 14.4. The summed E-state index contributed by atoms with van der Waals surface area (Å²) >= 11 is 0. The van der Waals surface area contributed by atoms with E-state index in [0.29, 0.717) is 11.4 Å². The second-order valence-electron chi connectivity index (χ2n) is 5.29. The van der Waals surface area contributed by atoms with Crippen LogP contribution in [0.1, 0.15) is 20.8 Å². The summed E-state index contributed by atoms with van der Waals surface area (Å²) in [5.74, 6) is 0.381. The van der Waals surface area contributed by atoms with Crippen LogP contribution in [-0.2, 0) is 9.59 Å². The van der Waals surface area contributed by atoms with Crippen LogP contribution in [0.3, 0.4) is 0 Å². The number of amides is 2. The van der Waals surface area contributed by atoms with Gasteiger partial charge in [-0.25, -0.2) is 0 Å². The van der Waals surface area contributed by atoms with Gasteiger partial charge in [0.25, 0.3) is 5.91 Å². The van der Waals surface area contributed by atoms with Crippen LogP contribution in [0.15, 0.2) is 24.3 Å². The van der Waals surface area contributed by atoms with Crippen molar-refractivity contribution >= 4 is 17.5 Å². The molecule has 5 heteroatoms. The lowest BCUT2D eigenvalue weighted by molar-refractivity contribution is -0.134. The Morgan fingerprint density at radius 1 is 1.25 bits per heavy atom. The van der Waals surface area contributed by atoms with Crippen molar-refractivity contribution in [1.29, 1.82) is 0 Å². The Labute approximate surface area is 118 Å². The summed E-state index contributed by atoms with van der Waals surface area (Å²) in [7, 11) is 1.55. The van der Waals surface area contributed by atoms with Gasteiger partial charge in [0.2, 0.25) is 5.91 Å². The van der Waals surface area contributed by atoms with Crippen molar-refractivity contribution in [3.8, 4) is 5.75 Å². The van der Waals surface area contributed by atoms with Gasteiger partial charge in [-0.05, 0) is 25.0 Å². The van der Waals surface area contributed by atoms with E-state index in [2.05, 4.69) is 5.32 Å². The number of carbonyl (C=O) groups is 2. The van der Waals surface area contributed by atoms with Gasteiger partial charge in [-0.2, -0.15) is 0 Å². The van der Waals surface area contributed by atoms with Crippen LogP contribution in [0.5, 0.6) is 5.75 Å². The zero-order chi connectivity index (χ0) is 14.9. The van der Waals surface area contributed by atoms with E-state index < -0.39 is 12.1 Å². The number of ether oxygens (including phenoxy) is 1. The quantitative estimate of drug-likeness (QED) is 0.911. The number of para-hydroxylation sites is 2. The van der Waals surface area contributed by atoms with Gasteiger partial charge in [-0.3, -0.25) is 14.5 Å². The number of nitrogens with zero attached hydrogens (tertiary/aromatic N) is 1. The molecule has 5 nitrogen and oxygen atoms in total. The summed E-state index contributed by atoms with van der Waals surface area (Å²) < 4.78 is 5.30. The zero-order valence-corrected chi connectivity index (χ0v) is 12.2. The van der Waals surface area contributed by atoms with Crippen molar-refractivity contribution in [1.82, 2.24) is 5.32 Å². The monoisotopic (exact) mass is 276 g/mol. The van der Waals surface area contributed by atoms with Crippen molar-refractivity contribution in [3.05, 3.63) is 24.3 Å². The number of hydrogen-bond acceptors (Lipinski definition) is 3. The Kier molecular flexibility index (Phi) is 3.97. The summed E-state index contributed by atoms with van der Waals surface area (Å²) in [6.07, 6.45) is 0. The minimum atomic E-state index is -0.547. The van der Waals surface area contributed by atoms with Gasteiger partial charge in [-0.1, -0.05) is 26.0 Å². The molecule has 1 saturated heterocycles. The van der Waals surface area contributed by atoms with E-state index in [-0.39, 0.29) is 17.7 Å². The molecule has 0 spiro atoms. The van der Waals surface area contributed by atoms with Crippen molar-refractivity contribution < 1.29 is 14.3 Å². The normalized spacial score (nSPS) is 22.9. The summed E-state index contributed by atoms with van der Waals surface area (Å²) in [6, 6.07) is 6.20. The van der Waals surface area contributed by atoms with Gasteiger partial charge in [0.05, 0.1) is 12.8 Å². The average Bonchev–Trinajstić information content (AvgIpc) is 2.43. The summed E-state index contributed by atoms with van der Waals surface area (Å²) in [4.78, 5) is 26.3. The Morgan fingerprint density at radius 2 is 1.90 bits per heavy atom. The molecule has 2 unspecified atom stereocenters. The molecule has 0 saturated carbocycles. The molecular weight excluding hydrogens is 256 g/mol. The van der Waals surface area contributed by atoms with Gasteiger partial charge in [0.15, 0.2) is 0 Å². The van der Waals surface area contributed by atoms with E-state index in [4.69, 9.17) is 4.74 Å². The Morgan fingerprint density at radius 3 is 2.50 bits per heavy atom. The molecule has 1 heterocycles. The van der Waals surface area contributed by atoms with E-state index in [1.165, 1.54) is 4.90 Å². The molecule has 2 rings (SSSR count). The minimum absolute atomic E-state index is 0.0381. The molecule has 108 valence electrons. The number of rotatable bonds is 3. The number of piperazine rings is 1. The molecule has 0 radical (unpaired) electrons. The maximum Gasteiger partial charge on any atom is 0.250 e. The van der Waals surface area contributed by atoms with E-state index in [9.17, 15) is 9.59 Å². The first-order chi connectivity index (χ1) is 9.47. The molecule has 1 aliphatic heterocycles. The smallest absolute Gasteiger partial charge is 0.250 e. The molecule has 1 aliphatic rings. The van der Waals surface area contributed by atoms with Gasteiger partial charge < -0.3 is 10.1 Å². The lowest BCUT2D eigenvalue weighted by Crippen LogP contribution is -2.64. The van der Waals surface area contributed by atoms with Crippen LogP contribution in [0, 0.1) is 5.92 Å². The number of carbonyl (C=O) groups excluding carboxylic acids is 2. The molecule has 1 fully saturated rings. The fourth-order valence-corrected chi connectivity index (χ4v) is 2.40. The van der Waals surface area contributed by atoms with Gasteiger partial charge in [0.1, 0.15) is 17.8 Å². The predicted molar refractivity (Wildman–Crippen MR) is 76.7 cm³/mol. The van der Waals surface area contributed by atoms with Crippen LogP contribution in [0.25, 0.3) is 0 Å². The summed E-state index contributed by atoms with van der Waals surface area (Å²) in [5.41, 5.74) is 0.632. The van der Waals surface area contributed by atoms with E-state index in [1.807, 2.05) is 26.0 Å². The zero-order valence-electron chi connectivity index (χ0n) is 12.2. The van der Waals surface area contributed by atoms with Gasteiger partial charge >= 0.3 is 0 Å². The van der Waals surface area contributed by atoms with Gasteiger partial charge in [-0.15, -0.1) is 0 Å². The molecule has 1 aromatic rings. The van der Waals surface area contributed by atoms with Crippen LogP contribution >= 0.6 is 0 Å². The second-order valence-corrected chi connectivity index (χ2v) is 5.29. The molecule has 20 heavy (non-hydrogen) atoms. The van der Waals surface area contributed by atoms with Crippen LogP contribution in [0.2, 0.25) is 0 Å². The van der Waals surface area contributed by atoms with Crippen molar-refractivity contribution in [3.63, 3.8) is 0 Å². The Hall–Kier alpha value is -2.04. The van der Waals surface area contributed by atoms with Crippen molar-refractivity contribution in [2.24, 2.45) is 5.92 Å². The average molecular weight is 276 g/mol. The SMILES string of the molecule is COc1ccccc1N1C(=O)C(C(C)C)NC(=O)C1C. The third kappa shape index (κ3) is 2.35. The lowest BCUT2D eigenvalue weighted by atomic mass is 9.97. The van der Waals surface area contributed by atoms with Crippen LogP contribution < -0.4 is 15.0 Å². The van der Waals surface area contributed by atoms with E-state index in [1.54, 1.807) is 26.2 Å². The van der Waals surface area contributed by atoms with Gasteiger partial charge in [0, 0.05) is 0 Å². The molecule has 1 aromatic carbocycles. The van der Waals surface area contributed by atoms with Crippen molar-refractivity contribution in [2.75, 3.05) is 12.0 Å². The van der Waals surface area contributed by atoms with Crippen LogP contribution in [0.4, 0.5) is 5.69 Å². The van der Waals surface area contributed by atoms with Crippen LogP contribution in [-0.4, -0.2) is 31.0 Å². The summed E-state index contributed by atoms with van der Waals surface area (Å²) in [5, 5.41) is 2.78. The molecule has 0 aliphatic carbocycles. The highest BCUT2D eigenvalue weighted by molar-refractivity contribution is 6.09. The topological polar surface area (TPSA) is 58.6 Å². The first-order valence-electron chi connectivity index (χ1n) is 6.73. The molecule has 2 atom stereocenters. The predicted octanol–water partition coefficient (Wildman–Crippen LogP) is 1.57. The molecule has 0 bridgehead atoms. The third-order valence-corrected chi connectivity index (χ3v) is 3.58. The number of hydrogen-bond donors (Lipinski definition) is 1. The largest absolute Gasteiger partial charge is 0.495 e. The minimum Gasteiger partial charge on any atom is -0.495 e. The second kappa shape index (κ2) is 5.53. The fraction of sp³-hybridized carbons (Fsp3) is 0.467. The first-order valence-corrected chi connectivity index (χ1v) is 6.73. The third-order valence-electron chi connectivity index (χ3n) is 3.58. The number of nitrogens with one attached hydrogen (secondary N) is 1. The fourth-order valence-electron chi connectivity index (χ4n) is 2.40. The highest BCUT2D eigenvalue weighted by atomic mass is 16.5. The standard InChI is InChI=1S/C15H20N2O3/c1-9(2)13-15(19)17(10(3)14(18)16-13)11-7-5-6-8-12(11)20-4/h5-10,13H,1-4H3,(H,16,18). The Bertz CT molecular complexity index is 528. The molecule has 1 N–H and O–H groups in total.